The van der Waals surface area contributed by atoms with Gasteiger partial charge in [-0.2, -0.15) is 0 Å². The number of hydrogen-bond donors (Lipinski definition) is 2. The van der Waals surface area contributed by atoms with Gasteiger partial charge in [-0.25, -0.2) is 0 Å². The third kappa shape index (κ3) is 4.63. The highest BCUT2D eigenvalue weighted by Crippen LogP contribution is 2.36. The van der Waals surface area contributed by atoms with Crippen LogP contribution in [0, 0.1) is 20.8 Å². The Balaban J connectivity index is 1.72. The maximum absolute atomic E-state index is 13.8. The molecule has 2 aromatic carbocycles. The van der Waals surface area contributed by atoms with Crippen molar-refractivity contribution in [1.29, 1.82) is 0 Å². The van der Waals surface area contributed by atoms with E-state index in [1.54, 1.807) is 4.90 Å². The number of amides is 2. The Kier molecular flexibility index (Phi) is 7.15. The lowest BCUT2D eigenvalue weighted by Crippen LogP contribution is -2.45. The molecule has 0 saturated carbocycles. The summed E-state index contributed by atoms with van der Waals surface area (Å²) < 4.78 is 0. The molecule has 1 saturated heterocycles. The molecule has 2 aromatic rings. The zero-order valence-electron chi connectivity index (χ0n) is 20.9. The SMILES string of the molecule is CCCCC(=O)N1CCc2ccc(N3CCCC3)cc2C1C(=O)Nc1cc(C)c(O)c(C)c1C. The van der Waals surface area contributed by atoms with Gasteiger partial charge in [0.05, 0.1) is 0 Å². The zero-order chi connectivity index (χ0) is 24.4. The second kappa shape index (κ2) is 10.1. The molecule has 0 aromatic heterocycles. The van der Waals surface area contributed by atoms with Crippen molar-refractivity contribution in [2.24, 2.45) is 0 Å². The third-order valence-corrected chi connectivity index (χ3v) is 7.46. The molecule has 182 valence electrons. The van der Waals surface area contributed by atoms with Gasteiger partial charge in [0.2, 0.25) is 5.91 Å². The first kappa shape index (κ1) is 24.1. The van der Waals surface area contributed by atoms with E-state index in [4.69, 9.17) is 0 Å². The second-order valence-electron chi connectivity index (χ2n) is 9.75. The lowest BCUT2D eigenvalue weighted by molar-refractivity contribution is -0.139. The number of aromatic hydroxyl groups is 1. The number of hydrogen-bond acceptors (Lipinski definition) is 4. The second-order valence-corrected chi connectivity index (χ2v) is 9.75. The van der Waals surface area contributed by atoms with Crippen LogP contribution in [0.1, 0.15) is 72.9 Å². The van der Waals surface area contributed by atoms with Gasteiger partial charge in [0.15, 0.2) is 0 Å². The number of nitrogens with one attached hydrogen (secondary N) is 1. The fourth-order valence-corrected chi connectivity index (χ4v) is 5.20. The molecule has 6 nitrogen and oxygen atoms in total. The molecular formula is C28H37N3O3. The van der Waals surface area contributed by atoms with Crippen molar-refractivity contribution in [3.05, 3.63) is 52.1 Å². The van der Waals surface area contributed by atoms with E-state index in [0.717, 1.165) is 65.9 Å². The summed E-state index contributed by atoms with van der Waals surface area (Å²) in [6.07, 6.45) is 5.34. The normalized spacial score (nSPS) is 17.6. The topological polar surface area (TPSA) is 72.9 Å². The average Bonchev–Trinajstić information content (AvgIpc) is 3.38. The third-order valence-electron chi connectivity index (χ3n) is 7.46. The zero-order valence-corrected chi connectivity index (χ0v) is 20.9. The van der Waals surface area contributed by atoms with Crippen LogP contribution in [0.25, 0.3) is 0 Å². The fraction of sp³-hybridized carbons (Fsp3) is 0.500. The minimum absolute atomic E-state index is 0.0361. The number of benzene rings is 2. The van der Waals surface area contributed by atoms with Crippen molar-refractivity contribution in [3.63, 3.8) is 0 Å². The Morgan fingerprint density at radius 1 is 1.06 bits per heavy atom. The van der Waals surface area contributed by atoms with Crippen molar-refractivity contribution in [2.45, 2.75) is 72.3 Å². The first-order chi connectivity index (χ1) is 16.3. The van der Waals surface area contributed by atoms with Crippen LogP contribution in [-0.4, -0.2) is 41.5 Å². The maximum Gasteiger partial charge on any atom is 0.251 e. The van der Waals surface area contributed by atoms with Gasteiger partial charge in [0, 0.05) is 37.4 Å². The van der Waals surface area contributed by atoms with Crippen molar-refractivity contribution in [1.82, 2.24) is 4.90 Å². The number of phenolic OH excluding ortho intramolecular Hbond substituents is 1. The lowest BCUT2D eigenvalue weighted by Gasteiger charge is -2.37. The van der Waals surface area contributed by atoms with Gasteiger partial charge in [-0.1, -0.05) is 19.4 Å². The van der Waals surface area contributed by atoms with Crippen molar-refractivity contribution in [2.75, 3.05) is 29.9 Å². The van der Waals surface area contributed by atoms with Crippen LogP contribution >= 0.6 is 0 Å². The highest BCUT2D eigenvalue weighted by molar-refractivity contribution is 5.99. The highest BCUT2D eigenvalue weighted by Gasteiger charge is 2.36. The van der Waals surface area contributed by atoms with E-state index >= 15 is 0 Å². The molecule has 0 radical (unpaired) electrons. The quantitative estimate of drug-likeness (QED) is 0.580. The summed E-state index contributed by atoms with van der Waals surface area (Å²) in [5.41, 5.74) is 6.19. The number of fused-ring (bicyclic) bond motifs is 1. The Bertz CT molecular complexity index is 1090. The first-order valence-electron chi connectivity index (χ1n) is 12.6. The van der Waals surface area contributed by atoms with Crippen LogP contribution < -0.4 is 10.2 Å². The molecule has 4 rings (SSSR count). The number of phenols is 1. The summed E-state index contributed by atoms with van der Waals surface area (Å²) >= 11 is 0. The Morgan fingerprint density at radius 2 is 1.79 bits per heavy atom. The largest absolute Gasteiger partial charge is 0.507 e. The predicted molar refractivity (Wildman–Crippen MR) is 137 cm³/mol. The molecule has 1 atom stereocenters. The highest BCUT2D eigenvalue weighted by atomic mass is 16.3. The van der Waals surface area contributed by atoms with Crippen LogP contribution in [0.15, 0.2) is 24.3 Å². The lowest BCUT2D eigenvalue weighted by atomic mass is 9.90. The van der Waals surface area contributed by atoms with E-state index in [1.807, 2.05) is 26.8 Å². The number of carbonyl (C=O) groups is 2. The van der Waals surface area contributed by atoms with Crippen LogP contribution in [0.3, 0.4) is 0 Å². The smallest absolute Gasteiger partial charge is 0.251 e. The number of anilines is 2. The van der Waals surface area contributed by atoms with Gasteiger partial charge < -0.3 is 20.2 Å². The van der Waals surface area contributed by atoms with Crippen molar-refractivity contribution < 1.29 is 14.7 Å². The van der Waals surface area contributed by atoms with Crippen LogP contribution in [0.2, 0.25) is 0 Å². The number of nitrogens with zero attached hydrogens (tertiary/aromatic N) is 2. The molecule has 0 bridgehead atoms. The Labute approximate surface area is 203 Å². The molecule has 34 heavy (non-hydrogen) atoms. The summed E-state index contributed by atoms with van der Waals surface area (Å²) in [4.78, 5) is 31.2. The van der Waals surface area contributed by atoms with Crippen LogP contribution in [0.5, 0.6) is 5.75 Å². The first-order valence-corrected chi connectivity index (χ1v) is 12.6. The van der Waals surface area contributed by atoms with E-state index in [0.29, 0.717) is 18.7 Å². The van der Waals surface area contributed by atoms with Gasteiger partial charge >= 0.3 is 0 Å². The van der Waals surface area contributed by atoms with Gasteiger partial charge in [0.25, 0.3) is 5.91 Å². The van der Waals surface area contributed by atoms with Gasteiger partial charge in [-0.05, 0) is 92.5 Å². The standard InChI is InChI=1S/C28H37N3O3/c1-5-6-9-25(32)31-15-12-21-10-11-22(30-13-7-8-14-30)17-23(21)26(31)28(34)29-24-16-18(2)27(33)20(4)19(24)3/h10-11,16-17,26,33H,5-9,12-15H2,1-4H3,(H,29,34). The summed E-state index contributed by atoms with van der Waals surface area (Å²) in [5.74, 6) is 0.0936. The number of unbranched alkanes of at least 4 members (excludes halogenated alkanes) is 1. The van der Waals surface area contributed by atoms with Gasteiger partial charge in [-0.3, -0.25) is 9.59 Å². The molecule has 2 amide bonds. The molecular weight excluding hydrogens is 426 g/mol. The van der Waals surface area contributed by atoms with E-state index < -0.39 is 6.04 Å². The summed E-state index contributed by atoms with van der Waals surface area (Å²) in [6, 6.07) is 7.57. The molecule has 2 aliphatic heterocycles. The van der Waals surface area contributed by atoms with Crippen LogP contribution in [-0.2, 0) is 16.0 Å². The molecule has 2 aliphatic rings. The van der Waals surface area contributed by atoms with E-state index in [9.17, 15) is 14.7 Å². The van der Waals surface area contributed by atoms with E-state index in [1.165, 1.54) is 12.8 Å². The maximum atomic E-state index is 13.8. The van der Waals surface area contributed by atoms with E-state index in [-0.39, 0.29) is 17.6 Å². The fourth-order valence-electron chi connectivity index (χ4n) is 5.20. The van der Waals surface area contributed by atoms with Crippen molar-refractivity contribution >= 4 is 23.2 Å². The molecule has 2 heterocycles. The number of aryl methyl sites for hydroxylation is 1. The monoisotopic (exact) mass is 463 g/mol. The molecule has 0 aliphatic carbocycles. The van der Waals surface area contributed by atoms with Gasteiger partial charge in [-0.15, -0.1) is 0 Å². The molecule has 2 N–H and O–H groups in total. The minimum Gasteiger partial charge on any atom is -0.507 e. The minimum atomic E-state index is -0.663. The molecule has 0 spiro atoms. The molecule has 1 fully saturated rings. The molecule has 1 unspecified atom stereocenters. The molecule has 6 heteroatoms. The number of carbonyl (C=O) groups excluding carboxylic acids is 2. The Hall–Kier alpha value is -3.02. The summed E-state index contributed by atoms with van der Waals surface area (Å²) in [6.45, 7) is 10.3. The van der Waals surface area contributed by atoms with Crippen molar-refractivity contribution in [3.8, 4) is 5.75 Å². The van der Waals surface area contributed by atoms with Crippen LogP contribution in [0.4, 0.5) is 11.4 Å². The predicted octanol–water partition coefficient (Wildman–Crippen LogP) is 5.17. The van der Waals surface area contributed by atoms with Gasteiger partial charge in [0.1, 0.15) is 11.8 Å². The summed E-state index contributed by atoms with van der Waals surface area (Å²) in [5, 5.41) is 13.4. The summed E-state index contributed by atoms with van der Waals surface area (Å²) in [7, 11) is 0. The Morgan fingerprint density at radius 3 is 2.50 bits per heavy atom. The average molecular weight is 464 g/mol. The number of rotatable bonds is 6. The van der Waals surface area contributed by atoms with E-state index in [2.05, 4.69) is 35.3 Å².